The molecule has 6 nitrogen and oxygen atoms in total. The summed E-state index contributed by atoms with van der Waals surface area (Å²) in [5.41, 5.74) is 1.05. The number of unbranched alkanes of at least 4 members (excludes halogenated alkanes) is 1. The number of hydrogen-bond acceptors (Lipinski definition) is 3. The zero-order valence-corrected chi connectivity index (χ0v) is 17.6. The Hall–Kier alpha value is -2.60. The number of hydrogen-bond donors (Lipinski definition) is 2. The maximum Gasteiger partial charge on any atom is 0.275 e. The van der Waals surface area contributed by atoms with Crippen LogP contribution in [0, 0.1) is 0 Å². The smallest absolute Gasteiger partial charge is 0.275 e. The summed E-state index contributed by atoms with van der Waals surface area (Å²) >= 11 is 0. The van der Waals surface area contributed by atoms with E-state index in [1.54, 1.807) is 0 Å². The number of fused-ring (bicyclic) bond motifs is 1. The van der Waals surface area contributed by atoms with Crippen LogP contribution in [-0.4, -0.2) is 69.6 Å². The maximum atomic E-state index is 12.7. The lowest BCUT2D eigenvalue weighted by molar-refractivity contribution is -0.896. The first-order valence-corrected chi connectivity index (χ1v) is 10.6. The summed E-state index contributed by atoms with van der Waals surface area (Å²) in [6, 6.07) is 14.5. The summed E-state index contributed by atoms with van der Waals surface area (Å²) in [4.78, 5) is 29.9. The van der Waals surface area contributed by atoms with Crippen LogP contribution in [0.1, 0.15) is 19.8 Å². The highest BCUT2D eigenvalue weighted by atomic mass is 16.2. The minimum atomic E-state index is 0.115. The lowest BCUT2D eigenvalue weighted by atomic mass is 10.1. The quantitative estimate of drug-likeness (QED) is 0.652. The first-order chi connectivity index (χ1) is 14.1. The number of rotatable bonds is 8. The first-order valence-electron chi connectivity index (χ1n) is 10.6. The van der Waals surface area contributed by atoms with Crippen LogP contribution in [0.5, 0.6) is 0 Å². The molecular weight excluding hydrogens is 364 g/mol. The molecule has 0 aromatic heterocycles. The van der Waals surface area contributed by atoms with Gasteiger partial charge in [0.05, 0.1) is 32.7 Å². The van der Waals surface area contributed by atoms with Crippen molar-refractivity contribution in [1.82, 2.24) is 10.2 Å². The van der Waals surface area contributed by atoms with Crippen molar-refractivity contribution in [3.05, 3.63) is 42.5 Å². The molecule has 2 aromatic rings. The van der Waals surface area contributed by atoms with E-state index < -0.39 is 0 Å². The van der Waals surface area contributed by atoms with E-state index in [1.807, 2.05) is 29.0 Å². The van der Waals surface area contributed by atoms with Crippen LogP contribution < -0.4 is 15.1 Å². The highest BCUT2D eigenvalue weighted by molar-refractivity contribution is 5.87. The number of benzene rings is 2. The van der Waals surface area contributed by atoms with Crippen LogP contribution in [-0.2, 0) is 9.59 Å². The molecule has 2 aromatic carbocycles. The molecule has 0 bridgehead atoms. The summed E-state index contributed by atoms with van der Waals surface area (Å²) in [5, 5.41) is 5.36. The molecule has 1 saturated heterocycles. The minimum absolute atomic E-state index is 0.115. The molecule has 1 heterocycles. The van der Waals surface area contributed by atoms with Crippen LogP contribution in [0.4, 0.5) is 5.69 Å². The number of anilines is 1. The standard InChI is InChI=1S/C23H32N4O2/c1-3-4-11-24-22(28)17-26-12-14-27(15-13-26)23(29)18-25(2)21-10-9-19-7-5-6-8-20(19)16-21/h5-10,16H,3-4,11-15,17-18H2,1-2H3,(H,24,28)/p+1. The number of carbonyl (C=O) groups is 2. The summed E-state index contributed by atoms with van der Waals surface area (Å²) in [7, 11) is 1.96. The molecule has 0 atom stereocenters. The van der Waals surface area contributed by atoms with Gasteiger partial charge < -0.3 is 20.0 Å². The number of carbonyl (C=O) groups excluding carboxylic acids is 2. The van der Waals surface area contributed by atoms with Gasteiger partial charge in [-0.25, -0.2) is 0 Å². The maximum absolute atomic E-state index is 12.7. The lowest BCUT2D eigenvalue weighted by Gasteiger charge is -2.33. The van der Waals surface area contributed by atoms with Gasteiger partial charge in [-0.1, -0.05) is 43.7 Å². The van der Waals surface area contributed by atoms with Crippen LogP contribution in [0.25, 0.3) is 10.8 Å². The predicted octanol–water partition coefficient (Wildman–Crippen LogP) is 0.919. The van der Waals surface area contributed by atoms with Crippen molar-refractivity contribution in [3.63, 3.8) is 0 Å². The Morgan fingerprint density at radius 2 is 1.83 bits per heavy atom. The molecule has 1 aliphatic heterocycles. The van der Waals surface area contributed by atoms with Gasteiger partial charge in [-0.05, 0) is 29.3 Å². The van der Waals surface area contributed by atoms with Crippen LogP contribution in [0.2, 0.25) is 0 Å². The van der Waals surface area contributed by atoms with Crippen molar-refractivity contribution in [2.24, 2.45) is 0 Å². The van der Waals surface area contributed by atoms with Crippen molar-refractivity contribution in [2.45, 2.75) is 19.8 Å². The van der Waals surface area contributed by atoms with E-state index in [0.717, 1.165) is 38.2 Å². The lowest BCUT2D eigenvalue weighted by Crippen LogP contribution is -3.15. The van der Waals surface area contributed by atoms with E-state index in [9.17, 15) is 9.59 Å². The SMILES string of the molecule is CCCCNC(=O)C[NH+]1CCN(C(=O)CN(C)c2ccc3ccccc3c2)CC1. The summed E-state index contributed by atoms with van der Waals surface area (Å²) in [6.45, 7) is 6.82. The molecule has 0 aliphatic carbocycles. The Kier molecular flexibility index (Phi) is 7.47. The normalized spacial score (nSPS) is 14.8. The van der Waals surface area contributed by atoms with E-state index in [0.29, 0.717) is 26.2 Å². The Balaban J connectivity index is 1.45. The average Bonchev–Trinajstić information content (AvgIpc) is 2.74. The highest BCUT2D eigenvalue weighted by Gasteiger charge is 2.25. The monoisotopic (exact) mass is 397 g/mol. The fourth-order valence-corrected chi connectivity index (χ4v) is 3.75. The molecule has 0 radical (unpaired) electrons. The molecule has 29 heavy (non-hydrogen) atoms. The molecule has 1 fully saturated rings. The molecule has 0 unspecified atom stereocenters. The van der Waals surface area contributed by atoms with Crippen LogP contribution >= 0.6 is 0 Å². The van der Waals surface area contributed by atoms with Crippen molar-refractivity contribution < 1.29 is 14.5 Å². The second-order valence-corrected chi connectivity index (χ2v) is 7.90. The number of amides is 2. The van der Waals surface area contributed by atoms with E-state index >= 15 is 0 Å². The number of piperazine rings is 1. The van der Waals surface area contributed by atoms with Crippen LogP contribution in [0.15, 0.2) is 42.5 Å². The third-order valence-corrected chi connectivity index (χ3v) is 5.63. The van der Waals surface area contributed by atoms with Gasteiger partial charge in [-0.3, -0.25) is 9.59 Å². The summed E-state index contributed by atoms with van der Waals surface area (Å²) < 4.78 is 0. The van der Waals surface area contributed by atoms with Gasteiger partial charge in [-0.2, -0.15) is 0 Å². The van der Waals surface area contributed by atoms with Gasteiger partial charge in [-0.15, -0.1) is 0 Å². The van der Waals surface area contributed by atoms with Crippen molar-refractivity contribution in [2.75, 3.05) is 57.8 Å². The van der Waals surface area contributed by atoms with Gasteiger partial charge in [0.25, 0.3) is 5.91 Å². The molecule has 3 rings (SSSR count). The number of nitrogens with one attached hydrogen (secondary N) is 2. The van der Waals surface area contributed by atoms with E-state index in [4.69, 9.17) is 0 Å². The second-order valence-electron chi connectivity index (χ2n) is 7.90. The van der Waals surface area contributed by atoms with Crippen LogP contribution in [0.3, 0.4) is 0 Å². The number of quaternary nitrogens is 1. The average molecular weight is 398 g/mol. The van der Waals surface area contributed by atoms with Gasteiger partial charge >= 0.3 is 0 Å². The van der Waals surface area contributed by atoms with Gasteiger partial charge in [0, 0.05) is 19.3 Å². The molecule has 2 amide bonds. The minimum Gasteiger partial charge on any atom is -0.365 e. The molecule has 156 valence electrons. The van der Waals surface area contributed by atoms with E-state index in [2.05, 4.69) is 42.6 Å². The fourth-order valence-electron chi connectivity index (χ4n) is 3.75. The Labute approximate surface area is 173 Å². The summed E-state index contributed by atoms with van der Waals surface area (Å²) in [5.74, 6) is 0.261. The Morgan fingerprint density at radius 3 is 2.55 bits per heavy atom. The predicted molar refractivity (Wildman–Crippen MR) is 117 cm³/mol. The van der Waals surface area contributed by atoms with E-state index in [1.165, 1.54) is 15.7 Å². The zero-order chi connectivity index (χ0) is 20.6. The second kappa shape index (κ2) is 10.3. The van der Waals surface area contributed by atoms with E-state index in [-0.39, 0.29) is 11.8 Å². The molecule has 0 saturated carbocycles. The third-order valence-electron chi connectivity index (χ3n) is 5.63. The summed E-state index contributed by atoms with van der Waals surface area (Å²) in [6.07, 6.45) is 2.11. The molecule has 2 N–H and O–H groups in total. The molecular formula is C23H33N4O2+. The molecule has 6 heteroatoms. The zero-order valence-electron chi connectivity index (χ0n) is 17.6. The van der Waals surface area contributed by atoms with Crippen molar-refractivity contribution in [1.29, 1.82) is 0 Å². The third kappa shape index (κ3) is 5.94. The highest BCUT2D eigenvalue weighted by Crippen LogP contribution is 2.21. The van der Waals surface area contributed by atoms with Gasteiger partial charge in [0.1, 0.15) is 0 Å². The fraction of sp³-hybridized carbons (Fsp3) is 0.478. The van der Waals surface area contributed by atoms with Gasteiger partial charge in [0.2, 0.25) is 5.91 Å². The number of likely N-dealkylation sites (N-methyl/N-ethyl adjacent to an activating group) is 1. The number of nitrogens with zero attached hydrogens (tertiary/aromatic N) is 2. The Bertz CT molecular complexity index is 830. The Morgan fingerprint density at radius 1 is 1.10 bits per heavy atom. The largest absolute Gasteiger partial charge is 0.365 e. The molecule has 1 aliphatic rings. The van der Waals surface area contributed by atoms with Crippen molar-refractivity contribution >= 4 is 28.3 Å². The van der Waals surface area contributed by atoms with Crippen molar-refractivity contribution in [3.8, 4) is 0 Å². The first kappa shape index (κ1) is 21.1. The topological polar surface area (TPSA) is 57.1 Å². The van der Waals surface area contributed by atoms with Gasteiger partial charge in [0.15, 0.2) is 6.54 Å². The molecule has 0 spiro atoms.